The van der Waals surface area contributed by atoms with Gasteiger partial charge in [0.25, 0.3) is 11.8 Å². The zero-order chi connectivity index (χ0) is 23.6. The van der Waals surface area contributed by atoms with Crippen LogP contribution < -0.4 is 15.0 Å². The predicted molar refractivity (Wildman–Crippen MR) is 126 cm³/mol. The second-order valence-electron chi connectivity index (χ2n) is 7.64. The van der Waals surface area contributed by atoms with Crippen LogP contribution in [0.15, 0.2) is 42.0 Å². The molecule has 0 aliphatic carbocycles. The molecule has 2 aromatic rings. The van der Waals surface area contributed by atoms with Gasteiger partial charge in [-0.15, -0.1) is 0 Å². The van der Waals surface area contributed by atoms with Gasteiger partial charge in [-0.25, -0.2) is 4.79 Å². The minimum atomic E-state index is -1.08. The molecule has 1 saturated heterocycles. The number of aryl methyl sites for hydroxylation is 1. The standard InChI is InChI=1S/C24H24N2O5S/c1-5-31-20-10-14(4)16(11-18(20)13(2)3)12-19-21(27)25-24(32)26(22(19)28)17-8-6-15(7-9-17)23(29)30/h6-13H,5H2,1-4H3,(H,29,30)(H,25,27,32)/b19-12+. The van der Waals surface area contributed by atoms with Crippen LogP contribution in [0.4, 0.5) is 5.69 Å². The number of nitrogens with zero attached hydrogens (tertiary/aromatic N) is 1. The van der Waals surface area contributed by atoms with Crippen LogP contribution in [-0.4, -0.2) is 34.6 Å². The Labute approximate surface area is 191 Å². The average Bonchev–Trinajstić information content (AvgIpc) is 2.72. The van der Waals surface area contributed by atoms with Crippen molar-refractivity contribution in [2.24, 2.45) is 0 Å². The van der Waals surface area contributed by atoms with Crippen molar-refractivity contribution in [3.63, 3.8) is 0 Å². The fourth-order valence-electron chi connectivity index (χ4n) is 3.40. The summed E-state index contributed by atoms with van der Waals surface area (Å²) in [6.45, 7) is 8.43. The van der Waals surface area contributed by atoms with Crippen LogP contribution in [0.25, 0.3) is 6.08 Å². The lowest BCUT2D eigenvalue weighted by molar-refractivity contribution is -0.122. The Bertz CT molecular complexity index is 1140. The molecule has 0 unspecified atom stereocenters. The zero-order valence-corrected chi connectivity index (χ0v) is 19.1. The monoisotopic (exact) mass is 452 g/mol. The SMILES string of the molecule is CCOc1cc(C)c(/C=C2\C(=O)NC(=S)N(c3ccc(C(=O)O)cc3)C2=O)cc1C(C)C. The molecule has 0 aromatic heterocycles. The highest BCUT2D eigenvalue weighted by molar-refractivity contribution is 7.80. The molecule has 0 bridgehead atoms. The molecule has 1 aliphatic rings. The summed E-state index contributed by atoms with van der Waals surface area (Å²) in [7, 11) is 0. The Balaban J connectivity index is 2.04. The van der Waals surface area contributed by atoms with E-state index in [2.05, 4.69) is 5.32 Å². The van der Waals surface area contributed by atoms with Crippen molar-refractivity contribution >= 4 is 46.9 Å². The maximum atomic E-state index is 13.2. The lowest BCUT2D eigenvalue weighted by Crippen LogP contribution is -2.54. The molecule has 1 heterocycles. The normalized spacial score (nSPS) is 15.3. The summed E-state index contributed by atoms with van der Waals surface area (Å²) >= 11 is 5.21. The van der Waals surface area contributed by atoms with E-state index in [1.165, 1.54) is 29.2 Å². The van der Waals surface area contributed by atoms with Gasteiger partial charge in [-0.1, -0.05) is 13.8 Å². The Hall–Kier alpha value is -3.52. The zero-order valence-electron chi connectivity index (χ0n) is 18.3. The van der Waals surface area contributed by atoms with E-state index < -0.39 is 17.8 Å². The van der Waals surface area contributed by atoms with Crippen molar-refractivity contribution in [1.29, 1.82) is 0 Å². The number of aromatic carboxylic acids is 1. The molecule has 7 nitrogen and oxygen atoms in total. The first kappa shape index (κ1) is 23.1. The quantitative estimate of drug-likeness (QED) is 0.390. The summed E-state index contributed by atoms with van der Waals surface area (Å²) in [5, 5.41) is 11.6. The molecule has 0 saturated carbocycles. The second kappa shape index (κ2) is 9.32. The first-order valence-electron chi connectivity index (χ1n) is 10.2. The number of carbonyl (C=O) groups excluding carboxylic acids is 2. The molecule has 0 radical (unpaired) electrons. The number of anilines is 1. The van der Waals surface area contributed by atoms with Crippen LogP contribution in [0.1, 0.15) is 53.7 Å². The number of hydrogen-bond acceptors (Lipinski definition) is 5. The average molecular weight is 453 g/mol. The lowest BCUT2D eigenvalue weighted by Gasteiger charge is -2.29. The fourth-order valence-corrected chi connectivity index (χ4v) is 3.68. The molecular weight excluding hydrogens is 428 g/mol. The molecule has 3 rings (SSSR count). The minimum absolute atomic E-state index is 0.0634. The van der Waals surface area contributed by atoms with E-state index in [1.807, 2.05) is 39.8 Å². The fraction of sp³-hybridized carbons (Fsp3) is 0.250. The minimum Gasteiger partial charge on any atom is -0.494 e. The molecule has 2 aromatic carbocycles. The molecule has 1 fully saturated rings. The summed E-state index contributed by atoms with van der Waals surface area (Å²) in [6.07, 6.45) is 1.55. The molecule has 1 aliphatic heterocycles. The number of carboxylic acids is 1. The van der Waals surface area contributed by atoms with Crippen molar-refractivity contribution in [3.05, 3.63) is 64.2 Å². The maximum Gasteiger partial charge on any atom is 0.335 e. The summed E-state index contributed by atoms with van der Waals surface area (Å²) in [5.74, 6) is -1.28. The van der Waals surface area contributed by atoms with E-state index in [0.717, 1.165) is 22.4 Å². The van der Waals surface area contributed by atoms with Gasteiger partial charge in [-0.3, -0.25) is 19.8 Å². The van der Waals surface area contributed by atoms with Crippen LogP contribution >= 0.6 is 12.2 Å². The highest BCUT2D eigenvalue weighted by Gasteiger charge is 2.34. The van der Waals surface area contributed by atoms with Gasteiger partial charge in [0.1, 0.15) is 11.3 Å². The molecule has 2 N–H and O–H groups in total. The van der Waals surface area contributed by atoms with Crippen LogP contribution in [0, 0.1) is 6.92 Å². The number of carboxylic acid groups (broad SMARTS) is 1. The summed E-state index contributed by atoms with van der Waals surface area (Å²) < 4.78 is 5.75. The van der Waals surface area contributed by atoms with Gasteiger partial charge in [0.05, 0.1) is 17.9 Å². The molecular formula is C24H24N2O5S. The van der Waals surface area contributed by atoms with E-state index in [9.17, 15) is 14.4 Å². The molecule has 166 valence electrons. The molecule has 8 heteroatoms. The van der Waals surface area contributed by atoms with Crippen LogP contribution in [0.3, 0.4) is 0 Å². The number of carbonyl (C=O) groups is 3. The van der Waals surface area contributed by atoms with Gasteiger partial charge in [0, 0.05) is 0 Å². The summed E-state index contributed by atoms with van der Waals surface area (Å²) in [4.78, 5) is 38.1. The molecule has 2 amide bonds. The summed E-state index contributed by atoms with van der Waals surface area (Å²) in [5.41, 5.74) is 2.94. The highest BCUT2D eigenvalue weighted by atomic mass is 32.1. The van der Waals surface area contributed by atoms with Gasteiger partial charge < -0.3 is 9.84 Å². The molecule has 0 spiro atoms. The third-order valence-electron chi connectivity index (χ3n) is 5.09. The Morgan fingerprint density at radius 1 is 1.22 bits per heavy atom. The van der Waals surface area contributed by atoms with Gasteiger partial charge in [-0.05, 0) is 91.1 Å². The van der Waals surface area contributed by atoms with E-state index in [0.29, 0.717) is 12.3 Å². The first-order valence-corrected chi connectivity index (χ1v) is 10.6. The van der Waals surface area contributed by atoms with Crippen LogP contribution in [-0.2, 0) is 9.59 Å². The van der Waals surface area contributed by atoms with Crippen molar-refractivity contribution in [1.82, 2.24) is 5.32 Å². The number of nitrogens with one attached hydrogen (secondary N) is 1. The Morgan fingerprint density at radius 2 is 1.88 bits per heavy atom. The third kappa shape index (κ3) is 4.55. The number of hydrogen-bond donors (Lipinski definition) is 2. The number of rotatable bonds is 6. The largest absolute Gasteiger partial charge is 0.494 e. The van der Waals surface area contributed by atoms with Gasteiger partial charge in [-0.2, -0.15) is 0 Å². The van der Waals surface area contributed by atoms with Gasteiger partial charge in [0.15, 0.2) is 5.11 Å². The van der Waals surface area contributed by atoms with E-state index in [1.54, 1.807) is 6.08 Å². The van der Waals surface area contributed by atoms with Crippen LogP contribution in [0.5, 0.6) is 5.75 Å². The van der Waals surface area contributed by atoms with Crippen molar-refractivity contribution in [3.8, 4) is 5.75 Å². The number of ether oxygens (including phenoxy) is 1. The van der Waals surface area contributed by atoms with Gasteiger partial charge in [0.2, 0.25) is 0 Å². The number of thiocarbonyl (C=S) groups is 1. The molecule has 32 heavy (non-hydrogen) atoms. The van der Waals surface area contributed by atoms with E-state index in [4.69, 9.17) is 22.1 Å². The Morgan fingerprint density at radius 3 is 2.44 bits per heavy atom. The number of benzene rings is 2. The smallest absolute Gasteiger partial charge is 0.335 e. The Kier molecular flexibility index (Phi) is 6.74. The topological polar surface area (TPSA) is 95.9 Å². The van der Waals surface area contributed by atoms with Gasteiger partial charge >= 0.3 is 5.97 Å². The van der Waals surface area contributed by atoms with Crippen LogP contribution in [0.2, 0.25) is 0 Å². The van der Waals surface area contributed by atoms with E-state index >= 15 is 0 Å². The first-order chi connectivity index (χ1) is 15.1. The second-order valence-corrected chi connectivity index (χ2v) is 8.03. The van der Waals surface area contributed by atoms with Crippen molar-refractivity contribution < 1.29 is 24.2 Å². The predicted octanol–water partition coefficient (Wildman–Crippen LogP) is 4.05. The molecule has 0 atom stereocenters. The number of amides is 2. The van der Waals surface area contributed by atoms with E-state index in [-0.39, 0.29) is 22.2 Å². The third-order valence-corrected chi connectivity index (χ3v) is 5.38. The highest BCUT2D eigenvalue weighted by Crippen LogP contribution is 2.31. The van der Waals surface area contributed by atoms with Crippen molar-refractivity contribution in [2.75, 3.05) is 11.5 Å². The summed E-state index contributed by atoms with van der Waals surface area (Å²) in [6, 6.07) is 9.53. The van der Waals surface area contributed by atoms with Crippen molar-refractivity contribution in [2.45, 2.75) is 33.6 Å². The lowest BCUT2D eigenvalue weighted by atomic mass is 9.95. The maximum absolute atomic E-state index is 13.2.